The van der Waals surface area contributed by atoms with Crippen molar-refractivity contribution in [2.45, 2.75) is 13.1 Å². The van der Waals surface area contributed by atoms with Gasteiger partial charge in [-0.05, 0) is 5.56 Å². The Bertz CT molecular complexity index is 931. The van der Waals surface area contributed by atoms with Gasteiger partial charge in [0.1, 0.15) is 5.15 Å². The number of nitro groups is 1. The maximum absolute atomic E-state index is 11.7. The molecule has 2 aromatic heterocycles. The summed E-state index contributed by atoms with van der Waals surface area (Å²) in [5.41, 5.74) is 1.81. The van der Waals surface area contributed by atoms with E-state index in [1.807, 2.05) is 34.9 Å². The lowest BCUT2D eigenvalue weighted by Crippen LogP contribution is -2.16. The zero-order chi connectivity index (χ0) is 16.1. The van der Waals surface area contributed by atoms with Gasteiger partial charge in [0.2, 0.25) is 0 Å². The summed E-state index contributed by atoms with van der Waals surface area (Å²) in [6, 6.07) is 9.27. The third-order valence-corrected chi connectivity index (χ3v) is 4.71. The molecule has 0 radical (unpaired) electrons. The van der Waals surface area contributed by atoms with Crippen molar-refractivity contribution in [2.75, 3.05) is 0 Å². The summed E-state index contributed by atoms with van der Waals surface area (Å²) in [6.45, 7) is 1.14. The van der Waals surface area contributed by atoms with Crippen LogP contribution in [0.2, 0.25) is 10.3 Å². The fraction of sp³-hybridized carbons (Fsp3) is 0.133. The van der Waals surface area contributed by atoms with Crippen molar-refractivity contribution >= 4 is 28.9 Å². The minimum atomic E-state index is -0.375. The van der Waals surface area contributed by atoms with Crippen LogP contribution in [0.4, 0.5) is 5.69 Å². The monoisotopic (exact) mass is 348 g/mol. The zero-order valence-electron chi connectivity index (χ0n) is 11.7. The van der Waals surface area contributed by atoms with Gasteiger partial charge in [-0.3, -0.25) is 10.1 Å². The Kier molecular flexibility index (Phi) is 3.18. The van der Waals surface area contributed by atoms with Crippen molar-refractivity contribution in [1.82, 2.24) is 14.1 Å². The standard InChI is InChI=1S/C15H10Cl2N4O2/c16-13-14(17)20-7-6-19-8-10(9-4-2-1-3-5-9)11(21(22)23)12(19)15(20)18-13/h1-5,8H,6-7H2. The second-order valence-corrected chi connectivity index (χ2v) is 5.94. The molecule has 3 aromatic rings. The van der Waals surface area contributed by atoms with Gasteiger partial charge >= 0.3 is 5.69 Å². The van der Waals surface area contributed by atoms with Crippen LogP contribution in [0.15, 0.2) is 36.5 Å². The molecule has 6 nitrogen and oxygen atoms in total. The summed E-state index contributed by atoms with van der Waals surface area (Å²) in [7, 11) is 0. The second kappa shape index (κ2) is 5.11. The molecule has 0 unspecified atom stereocenters. The first-order valence-corrected chi connectivity index (χ1v) is 7.68. The van der Waals surface area contributed by atoms with Crippen LogP contribution in [0.25, 0.3) is 22.6 Å². The molecule has 0 spiro atoms. The number of benzene rings is 1. The number of aryl methyl sites for hydroxylation is 1. The van der Waals surface area contributed by atoms with Crippen LogP contribution in [0.5, 0.6) is 0 Å². The Hall–Kier alpha value is -2.31. The first-order chi connectivity index (χ1) is 11.1. The fourth-order valence-electron chi connectivity index (χ4n) is 2.97. The number of rotatable bonds is 2. The number of nitrogens with zero attached hydrogens (tertiary/aromatic N) is 4. The molecule has 0 saturated heterocycles. The summed E-state index contributed by atoms with van der Waals surface area (Å²) in [5.74, 6) is 0.431. The zero-order valence-corrected chi connectivity index (χ0v) is 13.3. The molecule has 0 amide bonds. The Morgan fingerprint density at radius 3 is 2.61 bits per heavy atom. The molecule has 116 valence electrons. The minimum absolute atomic E-state index is 0.0236. The SMILES string of the molecule is O=[N+]([O-])c1c(-c2ccccc2)cn2c1-c1nc(Cl)c(Cl)n1CC2. The molecule has 1 aromatic carbocycles. The quantitative estimate of drug-likeness (QED) is 0.513. The Morgan fingerprint density at radius 1 is 1.17 bits per heavy atom. The van der Waals surface area contributed by atoms with Gasteiger partial charge in [0, 0.05) is 19.3 Å². The molecule has 0 fully saturated rings. The predicted molar refractivity (Wildman–Crippen MR) is 87.8 cm³/mol. The summed E-state index contributed by atoms with van der Waals surface area (Å²) in [6.07, 6.45) is 1.79. The number of aromatic nitrogens is 3. The maximum Gasteiger partial charge on any atom is 0.305 e. The minimum Gasteiger partial charge on any atom is -0.337 e. The van der Waals surface area contributed by atoms with Gasteiger partial charge in [-0.25, -0.2) is 4.98 Å². The largest absolute Gasteiger partial charge is 0.337 e. The molecule has 8 heteroatoms. The van der Waals surface area contributed by atoms with Crippen molar-refractivity contribution in [3.05, 3.63) is 56.9 Å². The molecular formula is C15H10Cl2N4O2. The van der Waals surface area contributed by atoms with Gasteiger partial charge in [-0.15, -0.1) is 0 Å². The lowest BCUT2D eigenvalue weighted by molar-refractivity contribution is -0.383. The van der Waals surface area contributed by atoms with Crippen LogP contribution in [0.1, 0.15) is 0 Å². The van der Waals surface area contributed by atoms with E-state index in [4.69, 9.17) is 23.2 Å². The number of hydrogen-bond acceptors (Lipinski definition) is 3. The Balaban J connectivity index is 2.03. The molecule has 0 atom stereocenters. The van der Waals surface area contributed by atoms with E-state index in [-0.39, 0.29) is 15.8 Å². The van der Waals surface area contributed by atoms with Crippen LogP contribution in [0.3, 0.4) is 0 Å². The van der Waals surface area contributed by atoms with E-state index < -0.39 is 0 Å². The highest BCUT2D eigenvalue weighted by molar-refractivity contribution is 6.40. The molecular weight excluding hydrogens is 339 g/mol. The van der Waals surface area contributed by atoms with Crippen molar-refractivity contribution in [3.63, 3.8) is 0 Å². The summed E-state index contributed by atoms with van der Waals surface area (Å²) < 4.78 is 3.55. The second-order valence-electron chi connectivity index (χ2n) is 5.23. The van der Waals surface area contributed by atoms with E-state index in [1.54, 1.807) is 10.8 Å². The average Bonchev–Trinajstić information content (AvgIpc) is 3.07. The number of halogens is 2. The van der Waals surface area contributed by atoms with Gasteiger partial charge in [0.05, 0.1) is 10.5 Å². The molecule has 1 aliphatic heterocycles. The van der Waals surface area contributed by atoms with Gasteiger partial charge < -0.3 is 9.13 Å². The molecule has 0 saturated carbocycles. The highest BCUT2D eigenvalue weighted by atomic mass is 35.5. The lowest BCUT2D eigenvalue weighted by atomic mass is 10.1. The van der Waals surface area contributed by atoms with Gasteiger partial charge in [0.25, 0.3) is 0 Å². The van der Waals surface area contributed by atoms with E-state index in [0.29, 0.717) is 35.3 Å². The fourth-order valence-corrected chi connectivity index (χ4v) is 3.35. The van der Waals surface area contributed by atoms with E-state index in [0.717, 1.165) is 5.56 Å². The van der Waals surface area contributed by atoms with E-state index in [1.165, 1.54) is 0 Å². The highest BCUT2D eigenvalue weighted by Crippen LogP contribution is 2.43. The number of hydrogen-bond donors (Lipinski definition) is 0. The van der Waals surface area contributed by atoms with E-state index in [2.05, 4.69) is 4.98 Å². The first kappa shape index (κ1) is 14.3. The van der Waals surface area contributed by atoms with Crippen LogP contribution in [0, 0.1) is 10.1 Å². The summed E-state index contributed by atoms with van der Waals surface area (Å²) in [5, 5.41) is 12.2. The summed E-state index contributed by atoms with van der Waals surface area (Å²) in [4.78, 5) is 15.6. The van der Waals surface area contributed by atoms with Crippen LogP contribution in [-0.2, 0) is 13.1 Å². The molecule has 4 rings (SSSR count). The van der Waals surface area contributed by atoms with Crippen molar-refractivity contribution < 1.29 is 4.92 Å². The number of imidazole rings is 1. The van der Waals surface area contributed by atoms with Crippen molar-refractivity contribution in [3.8, 4) is 22.6 Å². The predicted octanol–water partition coefficient (Wildman–Crippen LogP) is 4.25. The maximum atomic E-state index is 11.7. The molecule has 0 N–H and O–H groups in total. The third kappa shape index (κ3) is 2.06. The molecule has 23 heavy (non-hydrogen) atoms. The smallest absolute Gasteiger partial charge is 0.305 e. The molecule has 0 aliphatic carbocycles. The molecule has 0 bridgehead atoms. The molecule has 1 aliphatic rings. The average molecular weight is 349 g/mol. The van der Waals surface area contributed by atoms with Crippen LogP contribution in [-0.4, -0.2) is 19.0 Å². The third-order valence-electron chi connectivity index (χ3n) is 3.96. The topological polar surface area (TPSA) is 65.9 Å². The van der Waals surface area contributed by atoms with Gasteiger partial charge in [-0.1, -0.05) is 53.5 Å². The lowest BCUT2D eigenvalue weighted by Gasteiger charge is -2.17. The number of fused-ring (bicyclic) bond motifs is 3. The summed E-state index contributed by atoms with van der Waals surface area (Å²) >= 11 is 12.1. The van der Waals surface area contributed by atoms with Crippen molar-refractivity contribution in [2.24, 2.45) is 0 Å². The molecule has 3 heterocycles. The van der Waals surface area contributed by atoms with Crippen molar-refractivity contribution in [1.29, 1.82) is 0 Å². The van der Waals surface area contributed by atoms with Crippen LogP contribution >= 0.6 is 23.2 Å². The highest BCUT2D eigenvalue weighted by Gasteiger charge is 2.34. The Morgan fingerprint density at radius 2 is 1.91 bits per heavy atom. The van der Waals surface area contributed by atoms with E-state index in [9.17, 15) is 10.1 Å². The Labute approximate surface area is 141 Å². The normalized spacial score (nSPS) is 12.8. The van der Waals surface area contributed by atoms with Gasteiger partial charge in [-0.2, -0.15) is 0 Å². The van der Waals surface area contributed by atoms with Crippen LogP contribution < -0.4 is 0 Å². The van der Waals surface area contributed by atoms with E-state index >= 15 is 0 Å². The first-order valence-electron chi connectivity index (χ1n) is 6.92. The van der Waals surface area contributed by atoms with Gasteiger partial charge in [0.15, 0.2) is 16.7 Å².